The number of aromatic nitrogens is 2. The number of nitrogens with one attached hydrogen (secondary N) is 1. The van der Waals surface area contributed by atoms with Crippen molar-refractivity contribution >= 4 is 40.1 Å². The molecule has 224 valence electrons. The summed E-state index contributed by atoms with van der Waals surface area (Å²) in [5.74, 6) is 2.23. The summed E-state index contributed by atoms with van der Waals surface area (Å²) in [6, 6.07) is 6.28. The number of anilines is 3. The molecule has 0 spiro atoms. The minimum absolute atomic E-state index is 0.00773. The molecule has 2 aliphatic heterocycles. The molecule has 3 heterocycles. The SMILES string of the molecule is C=N/C(=C\c1c(C(C)C)ccc(N2C[C@H](CCS(C)(=O)=O)[C@H]2C)c1C)Nc1ccnc(N2CC[C@@H](O)[C@](C)(F)C2)n1. The van der Waals surface area contributed by atoms with Crippen molar-refractivity contribution in [2.45, 2.75) is 71.2 Å². The largest absolute Gasteiger partial charge is 0.390 e. The number of halogens is 1. The van der Waals surface area contributed by atoms with Gasteiger partial charge in [-0.25, -0.2) is 22.8 Å². The van der Waals surface area contributed by atoms with Crippen LogP contribution < -0.4 is 15.1 Å². The van der Waals surface area contributed by atoms with Crippen LogP contribution >= 0.6 is 0 Å². The van der Waals surface area contributed by atoms with Crippen LogP contribution in [-0.4, -0.2) is 79.7 Å². The summed E-state index contributed by atoms with van der Waals surface area (Å²) in [5.41, 5.74) is 2.72. The Hall–Kier alpha value is -3.05. The zero-order chi connectivity index (χ0) is 30.1. The smallest absolute Gasteiger partial charge is 0.227 e. The molecule has 4 rings (SSSR count). The third-order valence-electron chi connectivity index (χ3n) is 8.42. The van der Waals surface area contributed by atoms with Crippen LogP contribution in [0.4, 0.5) is 21.8 Å². The van der Waals surface area contributed by atoms with Crippen LogP contribution in [0.25, 0.3) is 6.08 Å². The van der Waals surface area contributed by atoms with Gasteiger partial charge in [0.25, 0.3) is 0 Å². The van der Waals surface area contributed by atoms with Crippen molar-refractivity contribution in [1.29, 1.82) is 0 Å². The Morgan fingerprint density at radius 3 is 2.71 bits per heavy atom. The standard InChI is InChI=1S/C30H43FN6O3S/c1-19(2)23-8-9-25(37-17-22(21(37)4)12-15-41(7,39)40)20(3)24(23)16-28(32-6)34-27-10-13-33-29(35-27)36-14-11-26(38)30(5,31)18-36/h8-10,13,16,19,21-22,26,38H,6,11-12,14-15,17-18H2,1-5,7H3,(H,33,34,35)/b28-16+/t21-,22+,26-,30-/m1/s1. The van der Waals surface area contributed by atoms with Crippen LogP contribution in [0.15, 0.2) is 35.2 Å². The molecule has 11 heteroatoms. The zero-order valence-electron chi connectivity index (χ0n) is 24.9. The van der Waals surface area contributed by atoms with Gasteiger partial charge in [0.05, 0.1) is 18.4 Å². The van der Waals surface area contributed by atoms with E-state index in [0.717, 1.165) is 23.4 Å². The van der Waals surface area contributed by atoms with Gasteiger partial charge in [-0.2, -0.15) is 4.98 Å². The van der Waals surface area contributed by atoms with Crippen molar-refractivity contribution in [3.05, 3.63) is 46.9 Å². The lowest BCUT2D eigenvalue weighted by atomic mass is 9.85. The van der Waals surface area contributed by atoms with E-state index < -0.39 is 21.6 Å². The van der Waals surface area contributed by atoms with Crippen molar-refractivity contribution in [2.75, 3.05) is 46.8 Å². The van der Waals surface area contributed by atoms with E-state index in [2.05, 4.69) is 71.7 Å². The van der Waals surface area contributed by atoms with Crippen LogP contribution in [0.5, 0.6) is 0 Å². The van der Waals surface area contributed by atoms with E-state index in [1.807, 2.05) is 6.08 Å². The highest BCUT2D eigenvalue weighted by atomic mass is 32.2. The number of rotatable bonds is 10. The minimum Gasteiger partial charge on any atom is -0.390 e. The van der Waals surface area contributed by atoms with Gasteiger partial charge in [0, 0.05) is 37.3 Å². The Balaban J connectivity index is 1.58. The predicted octanol–water partition coefficient (Wildman–Crippen LogP) is 4.58. The second-order valence-corrected chi connectivity index (χ2v) is 14.3. The fraction of sp³-hybridized carbons (Fsp3) is 0.567. The quantitative estimate of drug-likeness (QED) is 0.390. The highest BCUT2D eigenvalue weighted by Gasteiger charge is 2.40. The summed E-state index contributed by atoms with van der Waals surface area (Å²) >= 11 is 0. The fourth-order valence-electron chi connectivity index (χ4n) is 5.71. The fourth-order valence-corrected chi connectivity index (χ4v) is 6.45. The van der Waals surface area contributed by atoms with Crippen LogP contribution in [0.2, 0.25) is 0 Å². The van der Waals surface area contributed by atoms with Gasteiger partial charge in [0.2, 0.25) is 5.95 Å². The van der Waals surface area contributed by atoms with Gasteiger partial charge in [0.15, 0.2) is 5.67 Å². The van der Waals surface area contributed by atoms with Gasteiger partial charge in [-0.05, 0) is 87.1 Å². The Morgan fingerprint density at radius 1 is 1.37 bits per heavy atom. The number of aliphatic hydroxyl groups excluding tert-OH is 1. The first-order valence-corrected chi connectivity index (χ1v) is 16.2. The first-order valence-electron chi connectivity index (χ1n) is 14.2. The second kappa shape index (κ2) is 12.1. The Kier molecular flexibility index (Phi) is 9.08. The van der Waals surface area contributed by atoms with Crippen LogP contribution in [0, 0.1) is 12.8 Å². The van der Waals surface area contributed by atoms with E-state index in [-0.39, 0.29) is 24.3 Å². The van der Waals surface area contributed by atoms with E-state index >= 15 is 0 Å². The lowest BCUT2D eigenvalue weighted by molar-refractivity contribution is -0.00860. The molecule has 2 aromatic rings. The molecule has 1 aromatic heterocycles. The number of hydrogen-bond acceptors (Lipinski definition) is 9. The molecular formula is C30H43FN6O3S. The Bertz CT molecular complexity index is 1410. The summed E-state index contributed by atoms with van der Waals surface area (Å²) < 4.78 is 38.1. The molecule has 0 aliphatic carbocycles. The van der Waals surface area contributed by atoms with Crippen molar-refractivity contribution in [1.82, 2.24) is 9.97 Å². The lowest BCUT2D eigenvalue weighted by Gasteiger charge is -2.49. The number of piperidine rings is 1. The zero-order valence-corrected chi connectivity index (χ0v) is 25.7. The summed E-state index contributed by atoms with van der Waals surface area (Å²) in [7, 11) is -2.98. The van der Waals surface area contributed by atoms with Gasteiger partial charge >= 0.3 is 0 Å². The van der Waals surface area contributed by atoms with E-state index in [4.69, 9.17) is 0 Å². The summed E-state index contributed by atoms with van der Waals surface area (Å²) in [6.45, 7) is 15.0. The van der Waals surface area contributed by atoms with Crippen molar-refractivity contribution in [2.24, 2.45) is 10.9 Å². The van der Waals surface area contributed by atoms with E-state index in [9.17, 15) is 17.9 Å². The minimum atomic E-state index is -2.98. The second-order valence-electron chi connectivity index (χ2n) is 12.0. The molecule has 2 N–H and O–H groups in total. The van der Waals surface area contributed by atoms with Gasteiger partial charge in [-0.1, -0.05) is 19.9 Å². The molecule has 0 bridgehead atoms. The average molecular weight is 587 g/mol. The van der Waals surface area contributed by atoms with Crippen molar-refractivity contribution < 1.29 is 17.9 Å². The van der Waals surface area contributed by atoms with Crippen LogP contribution in [-0.2, 0) is 9.84 Å². The van der Waals surface area contributed by atoms with E-state index in [1.165, 1.54) is 18.7 Å². The third-order valence-corrected chi connectivity index (χ3v) is 9.39. The molecular weight excluding hydrogens is 543 g/mol. The van der Waals surface area contributed by atoms with Gasteiger partial charge in [-0.3, -0.25) is 0 Å². The number of aliphatic hydroxyl groups is 1. The first-order chi connectivity index (χ1) is 19.2. The maximum Gasteiger partial charge on any atom is 0.227 e. The number of alkyl halides is 1. The molecule has 0 amide bonds. The normalized spacial score (nSPS) is 25.3. The topological polar surface area (TPSA) is 111 Å². The Labute approximate surface area is 243 Å². The average Bonchev–Trinajstić information content (AvgIpc) is 2.90. The van der Waals surface area contributed by atoms with Crippen molar-refractivity contribution in [3.8, 4) is 0 Å². The first kappa shape index (κ1) is 30.9. The molecule has 2 saturated heterocycles. The summed E-state index contributed by atoms with van der Waals surface area (Å²) in [4.78, 5) is 17.2. The maximum absolute atomic E-state index is 14.8. The molecule has 2 fully saturated rings. The Morgan fingerprint density at radius 2 is 2.10 bits per heavy atom. The monoisotopic (exact) mass is 586 g/mol. The van der Waals surface area contributed by atoms with Gasteiger partial charge in [-0.15, -0.1) is 0 Å². The molecule has 41 heavy (non-hydrogen) atoms. The molecule has 9 nitrogen and oxygen atoms in total. The maximum atomic E-state index is 14.8. The predicted molar refractivity (Wildman–Crippen MR) is 165 cm³/mol. The third kappa shape index (κ3) is 7.06. The summed E-state index contributed by atoms with van der Waals surface area (Å²) in [5, 5.41) is 13.2. The molecule has 2 aliphatic rings. The van der Waals surface area contributed by atoms with Crippen LogP contribution in [0.3, 0.4) is 0 Å². The highest BCUT2D eigenvalue weighted by Crippen LogP contribution is 2.39. The molecule has 1 aromatic carbocycles. The number of benzene rings is 1. The van der Waals surface area contributed by atoms with Gasteiger partial charge < -0.3 is 20.2 Å². The summed E-state index contributed by atoms with van der Waals surface area (Å²) in [6.07, 6.45) is 4.85. The molecule has 0 saturated carbocycles. The molecule has 0 radical (unpaired) electrons. The van der Waals surface area contributed by atoms with Crippen molar-refractivity contribution in [3.63, 3.8) is 0 Å². The van der Waals surface area contributed by atoms with E-state index in [0.29, 0.717) is 42.9 Å². The number of sulfone groups is 1. The lowest BCUT2D eigenvalue weighted by Crippen LogP contribution is -2.55. The molecule has 0 unspecified atom stereocenters. The number of aliphatic imine (C=N–C) groups is 1. The highest BCUT2D eigenvalue weighted by molar-refractivity contribution is 7.90. The molecule has 4 atom stereocenters. The number of nitrogens with zero attached hydrogens (tertiary/aromatic N) is 5. The number of hydrogen-bond donors (Lipinski definition) is 2. The van der Waals surface area contributed by atoms with Crippen LogP contribution in [0.1, 0.15) is 63.1 Å². The van der Waals surface area contributed by atoms with Gasteiger partial charge in [0.1, 0.15) is 21.5 Å². The van der Waals surface area contributed by atoms with E-state index in [1.54, 1.807) is 17.2 Å².